The van der Waals surface area contributed by atoms with E-state index in [-0.39, 0.29) is 5.54 Å². The molecule has 0 aromatic heterocycles. The first-order valence-corrected chi connectivity index (χ1v) is 8.07. The Balaban J connectivity index is 1.84. The van der Waals surface area contributed by atoms with E-state index in [9.17, 15) is 0 Å². The molecule has 3 rings (SSSR count). The van der Waals surface area contributed by atoms with Crippen molar-refractivity contribution in [3.8, 4) is 0 Å². The maximum absolute atomic E-state index is 6.63. The smallest absolute Gasteiger partial charge is 0.0406 e. The van der Waals surface area contributed by atoms with Gasteiger partial charge in [-0.1, -0.05) is 48.0 Å². The molecule has 1 nitrogen and oxygen atoms in total. The van der Waals surface area contributed by atoms with Crippen LogP contribution in [0.4, 0.5) is 0 Å². The van der Waals surface area contributed by atoms with Gasteiger partial charge in [-0.3, -0.25) is 0 Å². The molecule has 2 unspecified atom stereocenters. The van der Waals surface area contributed by atoms with Gasteiger partial charge in [0.15, 0.2) is 0 Å². The highest BCUT2D eigenvalue weighted by atomic mass is 35.5. The van der Waals surface area contributed by atoms with E-state index in [1.54, 1.807) is 0 Å². The van der Waals surface area contributed by atoms with E-state index in [0.29, 0.717) is 5.92 Å². The number of rotatable bonds is 3. The molecule has 2 atom stereocenters. The van der Waals surface area contributed by atoms with Gasteiger partial charge in [-0.15, -0.1) is 0 Å². The van der Waals surface area contributed by atoms with Crippen molar-refractivity contribution in [3.63, 3.8) is 0 Å². The quantitative estimate of drug-likeness (QED) is 0.845. The molecule has 0 radical (unpaired) electrons. The van der Waals surface area contributed by atoms with Crippen LogP contribution >= 0.6 is 11.6 Å². The first-order valence-electron chi connectivity index (χ1n) is 7.69. The Morgan fingerprint density at radius 3 is 2.62 bits per heavy atom. The third-order valence-corrected chi connectivity index (χ3v) is 4.92. The first kappa shape index (κ1) is 14.6. The Morgan fingerprint density at radius 2 is 1.86 bits per heavy atom. The summed E-state index contributed by atoms with van der Waals surface area (Å²) in [6.07, 6.45) is 4.68. The summed E-state index contributed by atoms with van der Waals surface area (Å²) in [7, 11) is 0. The molecule has 0 amide bonds. The molecule has 0 saturated carbocycles. The van der Waals surface area contributed by atoms with Gasteiger partial charge in [-0.25, -0.2) is 0 Å². The molecule has 2 N–H and O–H groups in total. The summed E-state index contributed by atoms with van der Waals surface area (Å²) in [6, 6.07) is 16.8. The second-order valence-electron chi connectivity index (χ2n) is 6.42. The van der Waals surface area contributed by atoms with Crippen molar-refractivity contribution in [1.82, 2.24) is 0 Å². The molecule has 2 aromatic carbocycles. The molecule has 0 aliphatic heterocycles. The predicted molar refractivity (Wildman–Crippen MR) is 89.7 cm³/mol. The Labute approximate surface area is 132 Å². The summed E-state index contributed by atoms with van der Waals surface area (Å²) in [5, 5.41) is 0.762. The molecule has 0 saturated heterocycles. The lowest BCUT2D eigenvalue weighted by atomic mass is 9.74. The van der Waals surface area contributed by atoms with E-state index in [1.807, 2.05) is 12.1 Å². The molecule has 2 aromatic rings. The fraction of sp³-hybridized carbons (Fsp3) is 0.368. The Hall–Kier alpha value is -1.31. The van der Waals surface area contributed by atoms with E-state index in [4.69, 9.17) is 17.3 Å². The van der Waals surface area contributed by atoms with Crippen LogP contribution in [0.15, 0.2) is 48.5 Å². The van der Waals surface area contributed by atoms with Crippen molar-refractivity contribution in [3.05, 3.63) is 70.2 Å². The summed E-state index contributed by atoms with van der Waals surface area (Å²) < 4.78 is 0. The largest absolute Gasteiger partial charge is 0.322 e. The molecular weight excluding hydrogens is 278 g/mol. The van der Waals surface area contributed by atoms with Gasteiger partial charge in [-0.05, 0) is 67.3 Å². The van der Waals surface area contributed by atoms with Gasteiger partial charge in [0, 0.05) is 10.6 Å². The number of fused-ring (bicyclic) bond motifs is 1. The van der Waals surface area contributed by atoms with Crippen LogP contribution in [-0.4, -0.2) is 0 Å². The van der Waals surface area contributed by atoms with Gasteiger partial charge in [0.25, 0.3) is 0 Å². The lowest BCUT2D eigenvalue weighted by Crippen LogP contribution is -2.35. The molecule has 0 heterocycles. The standard InChI is InChI=1S/C19H22ClN/c1-19(21,16-9-11-17(20)12-10-16)13-15-7-4-6-14-5-2-3-8-18(14)15/h2-3,5,8-12,15H,4,6-7,13,21H2,1H3. The molecular formula is C19H22ClN. The van der Waals surface area contributed by atoms with Gasteiger partial charge in [0.2, 0.25) is 0 Å². The zero-order valence-corrected chi connectivity index (χ0v) is 13.2. The number of nitrogens with two attached hydrogens (primary N) is 1. The average molecular weight is 300 g/mol. The third kappa shape index (κ3) is 3.14. The van der Waals surface area contributed by atoms with Crippen LogP contribution in [-0.2, 0) is 12.0 Å². The monoisotopic (exact) mass is 299 g/mol. The zero-order valence-electron chi connectivity index (χ0n) is 12.5. The normalized spacial score (nSPS) is 20.6. The Kier molecular flexibility index (Phi) is 4.05. The first-order chi connectivity index (χ1) is 10.1. The molecule has 0 bridgehead atoms. The minimum atomic E-state index is -0.320. The second kappa shape index (κ2) is 5.82. The van der Waals surface area contributed by atoms with Crippen molar-refractivity contribution >= 4 is 11.6 Å². The number of hydrogen-bond donors (Lipinski definition) is 1. The molecule has 1 aliphatic rings. The maximum atomic E-state index is 6.63. The Bertz CT molecular complexity index is 616. The van der Waals surface area contributed by atoms with Crippen LogP contribution in [0.1, 0.15) is 48.8 Å². The highest BCUT2D eigenvalue weighted by Crippen LogP contribution is 2.39. The van der Waals surface area contributed by atoms with Crippen LogP contribution in [0.3, 0.4) is 0 Å². The molecule has 0 fully saturated rings. The molecule has 1 aliphatic carbocycles. The lowest BCUT2D eigenvalue weighted by Gasteiger charge is -2.33. The predicted octanol–water partition coefficient (Wildman–Crippen LogP) is 5.02. The van der Waals surface area contributed by atoms with Crippen LogP contribution in [0.2, 0.25) is 5.02 Å². The van der Waals surface area contributed by atoms with Crippen molar-refractivity contribution in [2.24, 2.45) is 5.73 Å². The maximum Gasteiger partial charge on any atom is 0.0406 e. The summed E-state index contributed by atoms with van der Waals surface area (Å²) in [5.41, 5.74) is 10.5. The summed E-state index contributed by atoms with van der Waals surface area (Å²) in [6.45, 7) is 2.13. The van der Waals surface area contributed by atoms with Gasteiger partial charge in [0.05, 0.1) is 0 Å². The summed E-state index contributed by atoms with van der Waals surface area (Å²) >= 11 is 5.98. The third-order valence-electron chi connectivity index (χ3n) is 4.67. The van der Waals surface area contributed by atoms with E-state index in [1.165, 1.54) is 30.4 Å². The number of benzene rings is 2. The van der Waals surface area contributed by atoms with Crippen molar-refractivity contribution in [1.29, 1.82) is 0 Å². The fourth-order valence-electron chi connectivity index (χ4n) is 3.53. The number of aryl methyl sites for hydroxylation is 1. The lowest BCUT2D eigenvalue weighted by molar-refractivity contribution is 0.376. The number of hydrogen-bond acceptors (Lipinski definition) is 1. The molecule has 0 spiro atoms. The Morgan fingerprint density at radius 1 is 1.14 bits per heavy atom. The molecule has 2 heteroatoms. The zero-order chi connectivity index (χ0) is 14.9. The highest BCUT2D eigenvalue weighted by molar-refractivity contribution is 6.30. The highest BCUT2D eigenvalue weighted by Gasteiger charge is 2.29. The molecule has 21 heavy (non-hydrogen) atoms. The van der Waals surface area contributed by atoms with Crippen molar-refractivity contribution in [2.75, 3.05) is 0 Å². The summed E-state index contributed by atoms with van der Waals surface area (Å²) in [5.74, 6) is 0.556. The van der Waals surface area contributed by atoms with Crippen LogP contribution in [0.25, 0.3) is 0 Å². The van der Waals surface area contributed by atoms with Gasteiger partial charge in [-0.2, -0.15) is 0 Å². The average Bonchev–Trinajstić information content (AvgIpc) is 2.48. The fourth-order valence-corrected chi connectivity index (χ4v) is 3.65. The molecule has 110 valence electrons. The van der Waals surface area contributed by atoms with Gasteiger partial charge in [0.1, 0.15) is 0 Å². The van der Waals surface area contributed by atoms with Gasteiger partial charge < -0.3 is 5.73 Å². The SMILES string of the molecule is CC(N)(CC1CCCc2ccccc21)c1ccc(Cl)cc1. The number of halogens is 1. The van der Waals surface area contributed by atoms with Crippen molar-refractivity contribution in [2.45, 2.75) is 44.1 Å². The second-order valence-corrected chi connectivity index (χ2v) is 6.85. The van der Waals surface area contributed by atoms with Crippen LogP contribution in [0.5, 0.6) is 0 Å². The minimum Gasteiger partial charge on any atom is -0.322 e. The van der Waals surface area contributed by atoms with Crippen LogP contribution in [0, 0.1) is 0 Å². The summed E-state index contributed by atoms with van der Waals surface area (Å²) in [4.78, 5) is 0. The minimum absolute atomic E-state index is 0.320. The topological polar surface area (TPSA) is 26.0 Å². The van der Waals surface area contributed by atoms with Gasteiger partial charge >= 0.3 is 0 Å². The van der Waals surface area contributed by atoms with Crippen LogP contribution < -0.4 is 5.73 Å². The van der Waals surface area contributed by atoms with Crippen molar-refractivity contribution < 1.29 is 0 Å². The van der Waals surface area contributed by atoms with E-state index in [2.05, 4.69) is 43.3 Å². The van der Waals surface area contributed by atoms with E-state index in [0.717, 1.165) is 17.0 Å². The van der Waals surface area contributed by atoms with E-state index >= 15 is 0 Å². The van der Waals surface area contributed by atoms with E-state index < -0.39 is 0 Å².